The Kier molecular flexibility index (Phi) is 4.19. The van der Waals surface area contributed by atoms with Gasteiger partial charge in [0, 0.05) is 27.0 Å². The zero-order valence-electron chi connectivity index (χ0n) is 10.9. The molecule has 1 aromatic carbocycles. The molecule has 3 nitrogen and oxygen atoms in total. The second kappa shape index (κ2) is 6.08. The molecule has 0 bridgehead atoms. The van der Waals surface area contributed by atoms with Crippen molar-refractivity contribution in [3.63, 3.8) is 0 Å². The summed E-state index contributed by atoms with van der Waals surface area (Å²) in [5.41, 5.74) is 2.16. The van der Waals surface area contributed by atoms with Gasteiger partial charge in [0.2, 0.25) is 5.91 Å². The second-order valence-corrected chi connectivity index (χ2v) is 6.76. The molecule has 1 aromatic heterocycles. The fourth-order valence-electron chi connectivity index (χ4n) is 2.38. The highest BCUT2D eigenvalue weighted by Crippen LogP contribution is 2.23. The predicted octanol–water partition coefficient (Wildman–Crippen LogP) is 3.55. The molecule has 3 rings (SSSR count). The molecule has 1 aliphatic heterocycles. The van der Waals surface area contributed by atoms with E-state index in [-0.39, 0.29) is 11.9 Å². The number of nitrogens with one attached hydrogen (secondary N) is 2. The van der Waals surface area contributed by atoms with E-state index in [0.717, 1.165) is 29.5 Å². The number of para-hydroxylation sites is 1. The number of aryl methyl sites for hydroxylation is 1. The highest BCUT2D eigenvalue weighted by molar-refractivity contribution is 9.10. The molecule has 1 unspecified atom stereocenters. The van der Waals surface area contributed by atoms with Crippen LogP contribution in [0.5, 0.6) is 0 Å². The first kappa shape index (κ1) is 13.8. The number of benzene rings is 1. The lowest BCUT2D eigenvalue weighted by Crippen LogP contribution is -2.39. The Balaban J connectivity index is 1.65. The summed E-state index contributed by atoms with van der Waals surface area (Å²) in [5.74, 6) is 0.0607. The molecule has 1 amide bonds. The molecule has 0 radical (unpaired) electrons. The van der Waals surface area contributed by atoms with Gasteiger partial charge < -0.3 is 10.6 Å². The predicted molar refractivity (Wildman–Crippen MR) is 86.0 cm³/mol. The maximum Gasteiger partial charge on any atom is 0.241 e. The molecule has 0 spiro atoms. The van der Waals surface area contributed by atoms with Crippen LogP contribution < -0.4 is 10.6 Å². The van der Waals surface area contributed by atoms with Gasteiger partial charge in [-0.1, -0.05) is 18.2 Å². The molecule has 0 saturated heterocycles. The summed E-state index contributed by atoms with van der Waals surface area (Å²) in [4.78, 5) is 13.5. The van der Waals surface area contributed by atoms with Crippen LogP contribution in [-0.2, 0) is 17.8 Å². The summed E-state index contributed by atoms with van der Waals surface area (Å²) in [6.45, 7) is 0.727. The van der Waals surface area contributed by atoms with E-state index < -0.39 is 0 Å². The van der Waals surface area contributed by atoms with E-state index in [4.69, 9.17) is 0 Å². The molecule has 0 saturated carbocycles. The van der Waals surface area contributed by atoms with E-state index in [0.29, 0.717) is 0 Å². The van der Waals surface area contributed by atoms with E-state index in [2.05, 4.69) is 44.1 Å². The van der Waals surface area contributed by atoms with Gasteiger partial charge in [0.25, 0.3) is 0 Å². The lowest BCUT2D eigenvalue weighted by molar-refractivity contribution is -0.118. The van der Waals surface area contributed by atoms with E-state index >= 15 is 0 Å². The van der Waals surface area contributed by atoms with Gasteiger partial charge in [-0.25, -0.2) is 0 Å². The number of carbonyl (C=O) groups is 1. The van der Waals surface area contributed by atoms with Crippen molar-refractivity contribution in [2.75, 3.05) is 5.32 Å². The Morgan fingerprint density at radius 2 is 2.25 bits per heavy atom. The largest absolute Gasteiger partial charge is 0.324 e. The molecule has 20 heavy (non-hydrogen) atoms. The van der Waals surface area contributed by atoms with E-state index in [1.165, 1.54) is 10.4 Å². The van der Waals surface area contributed by atoms with E-state index in [9.17, 15) is 4.79 Å². The van der Waals surface area contributed by atoms with Crippen LogP contribution in [0, 0.1) is 0 Å². The monoisotopic (exact) mass is 350 g/mol. The molecule has 104 valence electrons. The third-order valence-corrected chi connectivity index (χ3v) is 5.14. The first-order valence-electron chi connectivity index (χ1n) is 6.57. The Morgan fingerprint density at radius 3 is 3.05 bits per heavy atom. The normalized spacial score (nSPS) is 18.2. The number of hydrogen-bond donors (Lipinski definition) is 2. The van der Waals surface area contributed by atoms with Gasteiger partial charge in [-0.05, 0) is 46.5 Å². The van der Waals surface area contributed by atoms with Crippen molar-refractivity contribution >= 4 is 38.9 Å². The van der Waals surface area contributed by atoms with Crippen molar-refractivity contribution in [1.29, 1.82) is 0 Å². The zero-order valence-corrected chi connectivity index (χ0v) is 13.3. The van der Waals surface area contributed by atoms with Crippen LogP contribution in [0.25, 0.3) is 0 Å². The molecular formula is C15H15BrN2OS. The smallest absolute Gasteiger partial charge is 0.241 e. The van der Waals surface area contributed by atoms with Crippen molar-refractivity contribution in [1.82, 2.24) is 5.32 Å². The minimum absolute atomic E-state index is 0.0607. The minimum atomic E-state index is -0.136. The van der Waals surface area contributed by atoms with Crippen LogP contribution in [0.4, 0.5) is 5.69 Å². The average Bonchev–Trinajstić information content (AvgIpc) is 2.78. The molecule has 0 fully saturated rings. The van der Waals surface area contributed by atoms with Gasteiger partial charge in [0.15, 0.2) is 0 Å². The van der Waals surface area contributed by atoms with E-state index in [1.54, 1.807) is 11.3 Å². The molecule has 0 aliphatic carbocycles. The quantitative estimate of drug-likeness (QED) is 0.888. The zero-order chi connectivity index (χ0) is 13.9. The first-order chi connectivity index (χ1) is 9.72. The molecule has 2 N–H and O–H groups in total. The summed E-state index contributed by atoms with van der Waals surface area (Å²) in [7, 11) is 0. The summed E-state index contributed by atoms with van der Waals surface area (Å²) >= 11 is 5.14. The Morgan fingerprint density at radius 1 is 1.40 bits per heavy atom. The SMILES string of the molecule is O=C1Nc2ccccc2CCC1NCc1cc(Br)cs1. The third kappa shape index (κ3) is 3.11. The van der Waals surface area contributed by atoms with Gasteiger partial charge in [-0.3, -0.25) is 4.79 Å². The number of carbonyl (C=O) groups excluding carboxylic acids is 1. The molecular weight excluding hydrogens is 336 g/mol. The van der Waals surface area contributed by atoms with Crippen molar-refractivity contribution in [3.05, 3.63) is 50.6 Å². The summed E-state index contributed by atoms with van der Waals surface area (Å²) in [6.07, 6.45) is 1.75. The van der Waals surface area contributed by atoms with Gasteiger partial charge in [0.1, 0.15) is 0 Å². The van der Waals surface area contributed by atoms with Crippen molar-refractivity contribution in [2.45, 2.75) is 25.4 Å². The molecule has 1 aliphatic rings. The number of fused-ring (bicyclic) bond motifs is 1. The minimum Gasteiger partial charge on any atom is -0.324 e. The van der Waals surface area contributed by atoms with Gasteiger partial charge in [-0.15, -0.1) is 11.3 Å². The first-order valence-corrected chi connectivity index (χ1v) is 8.25. The van der Waals surface area contributed by atoms with Gasteiger partial charge in [0.05, 0.1) is 6.04 Å². The van der Waals surface area contributed by atoms with Crippen LogP contribution in [0.2, 0.25) is 0 Å². The third-order valence-electron chi connectivity index (χ3n) is 3.44. The number of rotatable bonds is 3. The number of halogens is 1. The molecule has 2 heterocycles. The number of hydrogen-bond acceptors (Lipinski definition) is 3. The lowest BCUT2D eigenvalue weighted by atomic mass is 10.1. The van der Waals surface area contributed by atoms with Crippen molar-refractivity contribution in [2.24, 2.45) is 0 Å². The maximum atomic E-state index is 12.2. The summed E-state index contributed by atoms with van der Waals surface area (Å²) in [5, 5.41) is 8.42. The van der Waals surface area contributed by atoms with Crippen LogP contribution in [0.3, 0.4) is 0 Å². The van der Waals surface area contributed by atoms with Crippen molar-refractivity contribution in [3.8, 4) is 0 Å². The Bertz CT molecular complexity index is 626. The van der Waals surface area contributed by atoms with Gasteiger partial charge in [-0.2, -0.15) is 0 Å². The van der Waals surface area contributed by atoms with Crippen LogP contribution in [0.15, 0.2) is 40.2 Å². The van der Waals surface area contributed by atoms with Crippen LogP contribution >= 0.6 is 27.3 Å². The standard InChI is InChI=1S/C15H15BrN2OS/c16-11-7-12(20-9-11)8-17-14-6-5-10-3-1-2-4-13(10)18-15(14)19/h1-4,7,9,14,17H,5-6,8H2,(H,18,19). The van der Waals surface area contributed by atoms with Crippen LogP contribution in [0.1, 0.15) is 16.9 Å². The maximum absolute atomic E-state index is 12.2. The second-order valence-electron chi connectivity index (χ2n) is 4.85. The summed E-state index contributed by atoms with van der Waals surface area (Å²) < 4.78 is 1.09. The van der Waals surface area contributed by atoms with Crippen LogP contribution in [-0.4, -0.2) is 11.9 Å². The Hall–Kier alpha value is -1.17. The number of amides is 1. The fourth-order valence-corrected chi connectivity index (χ4v) is 3.78. The van der Waals surface area contributed by atoms with Gasteiger partial charge >= 0.3 is 0 Å². The molecule has 2 aromatic rings. The number of thiophene rings is 1. The topological polar surface area (TPSA) is 41.1 Å². The molecule has 1 atom stereocenters. The summed E-state index contributed by atoms with van der Waals surface area (Å²) in [6, 6.07) is 9.96. The average molecular weight is 351 g/mol. The fraction of sp³-hybridized carbons (Fsp3) is 0.267. The molecule has 5 heteroatoms. The van der Waals surface area contributed by atoms with Crippen molar-refractivity contribution < 1.29 is 4.79 Å². The highest BCUT2D eigenvalue weighted by Gasteiger charge is 2.22. The highest BCUT2D eigenvalue weighted by atomic mass is 79.9. The lowest BCUT2D eigenvalue weighted by Gasteiger charge is -2.14. The Labute approximate surface area is 130 Å². The number of anilines is 1. The van der Waals surface area contributed by atoms with E-state index in [1.807, 2.05) is 18.2 Å².